The third-order valence-electron chi connectivity index (χ3n) is 5.48. The molecule has 4 aromatic rings. The highest BCUT2D eigenvalue weighted by atomic mass is 16.5. The zero-order valence-corrected chi connectivity index (χ0v) is 17.5. The minimum Gasteiger partial charge on any atom is -0.493 e. The number of hydrogen-bond donors (Lipinski definition) is 2. The van der Waals surface area contributed by atoms with Gasteiger partial charge in [0.15, 0.2) is 0 Å². The van der Waals surface area contributed by atoms with Crippen molar-refractivity contribution >= 4 is 16.9 Å². The van der Waals surface area contributed by atoms with Gasteiger partial charge in [-0.25, -0.2) is 9.78 Å². The van der Waals surface area contributed by atoms with E-state index in [9.17, 15) is 15.0 Å². The summed E-state index contributed by atoms with van der Waals surface area (Å²) in [6.07, 6.45) is -1.19. The first-order valence-electron chi connectivity index (χ1n) is 10.6. The number of aromatic nitrogens is 1. The second-order valence-electron chi connectivity index (χ2n) is 7.72. The standard InChI is InChI=1S/C26H21NO6/c28-25-20-15-19(33-24-11-8-16-4-1-2-7-21(16)27-24)9-10-22(20)31-13-12-23(25)32-18-6-3-5-17(14-18)26(29)30/h1-11,14-15,23,25,28H,12-13H2,(H,29,30)/t23-,25+/m1/s1. The number of para-hydroxylation sites is 1. The summed E-state index contributed by atoms with van der Waals surface area (Å²) >= 11 is 0. The van der Waals surface area contributed by atoms with Crippen LogP contribution < -0.4 is 14.2 Å². The van der Waals surface area contributed by atoms with Crippen LogP contribution in [0.3, 0.4) is 0 Å². The molecule has 166 valence electrons. The number of fused-ring (bicyclic) bond motifs is 2. The molecule has 2 atom stereocenters. The summed E-state index contributed by atoms with van der Waals surface area (Å²) in [5.41, 5.74) is 1.47. The quantitative estimate of drug-likeness (QED) is 0.448. The summed E-state index contributed by atoms with van der Waals surface area (Å²) in [6.45, 7) is 0.347. The molecule has 0 radical (unpaired) electrons. The molecule has 2 N–H and O–H groups in total. The minimum absolute atomic E-state index is 0.117. The summed E-state index contributed by atoms with van der Waals surface area (Å²) in [5.74, 6) is 0.824. The number of nitrogens with zero attached hydrogens (tertiary/aromatic N) is 1. The Bertz CT molecular complexity index is 1320. The van der Waals surface area contributed by atoms with E-state index in [1.54, 1.807) is 36.4 Å². The van der Waals surface area contributed by atoms with Gasteiger partial charge in [-0.1, -0.05) is 24.3 Å². The molecular weight excluding hydrogens is 422 g/mol. The van der Waals surface area contributed by atoms with Crippen molar-refractivity contribution in [1.82, 2.24) is 4.98 Å². The van der Waals surface area contributed by atoms with Gasteiger partial charge in [-0.05, 0) is 48.5 Å². The van der Waals surface area contributed by atoms with Gasteiger partial charge in [0.1, 0.15) is 29.5 Å². The predicted molar refractivity (Wildman–Crippen MR) is 121 cm³/mol. The number of carboxylic acids is 1. The number of hydrogen-bond acceptors (Lipinski definition) is 6. The Hall–Kier alpha value is -4.10. The van der Waals surface area contributed by atoms with E-state index in [1.165, 1.54) is 12.1 Å². The molecule has 0 saturated carbocycles. The number of aliphatic hydroxyl groups is 1. The van der Waals surface area contributed by atoms with Crippen LogP contribution in [0.1, 0.15) is 28.4 Å². The van der Waals surface area contributed by atoms with E-state index in [1.807, 2.05) is 30.3 Å². The molecule has 7 heteroatoms. The molecule has 0 fully saturated rings. The van der Waals surface area contributed by atoms with Gasteiger partial charge in [0, 0.05) is 23.4 Å². The van der Waals surface area contributed by atoms with E-state index < -0.39 is 18.2 Å². The summed E-state index contributed by atoms with van der Waals surface area (Å²) in [4.78, 5) is 15.8. The zero-order valence-electron chi connectivity index (χ0n) is 17.5. The molecule has 3 aromatic carbocycles. The SMILES string of the molecule is O=C(O)c1cccc(O[C@@H]2CCOc3ccc(Oc4ccc5ccccc5n4)cc3[C@@H]2O)c1. The lowest BCUT2D eigenvalue weighted by atomic mass is 10.0. The topological polar surface area (TPSA) is 98.1 Å². The number of pyridine rings is 1. The van der Waals surface area contributed by atoms with Crippen molar-refractivity contribution in [3.8, 4) is 23.1 Å². The fraction of sp³-hybridized carbons (Fsp3) is 0.154. The lowest BCUT2D eigenvalue weighted by molar-refractivity contribution is 0.0311. The van der Waals surface area contributed by atoms with Crippen molar-refractivity contribution < 1.29 is 29.2 Å². The lowest BCUT2D eigenvalue weighted by Gasteiger charge is -2.22. The average molecular weight is 443 g/mol. The number of rotatable bonds is 5. The van der Waals surface area contributed by atoms with Gasteiger partial charge < -0.3 is 24.4 Å². The summed E-state index contributed by atoms with van der Waals surface area (Å²) in [6, 6.07) is 22.9. The molecule has 0 aliphatic carbocycles. The number of carbonyl (C=O) groups is 1. The van der Waals surface area contributed by atoms with Gasteiger partial charge in [-0.15, -0.1) is 0 Å². The fourth-order valence-electron chi connectivity index (χ4n) is 3.82. The molecule has 0 bridgehead atoms. The molecule has 0 saturated heterocycles. The van der Waals surface area contributed by atoms with Crippen molar-refractivity contribution in [2.45, 2.75) is 18.6 Å². The maximum Gasteiger partial charge on any atom is 0.335 e. The number of ether oxygens (including phenoxy) is 3. The lowest BCUT2D eigenvalue weighted by Crippen LogP contribution is -2.25. The molecule has 0 spiro atoms. The molecular formula is C26H21NO6. The number of carboxylic acid groups (broad SMARTS) is 1. The van der Waals surface area contributed by atoms with Crippen molar-refractivity contribution in [2.75, 3.05) is 6.61 Å². The maximum atomic E-state index is 11.2. The van der Waals surface area contributed by atoms with Gasteiger partial charge in [-0.2, -0.15) is 0 Å². The van der Waals surface area contributed by atoms with Gasteiger partial charge in [0.25, 0.3) is 0 Å². The van der Waals surface area contributed by atoms with Crippen molar-refractivity contribution in [2.24, 2.45) is 0 Å². The zero-order chi connectivity index (χ0) is 22.8. The highest BCUT2D eigenvalue weighted by molar-refractivity contribution is 5.88. The first-order chi connectivity index (χ1) is 16.1. The van der Waals surface area contributed by atoms with Crippen molar-refractivity contribution in [3.63, 3.8) is 0 Å². The summed E-state index contributed by atoms with van der Waals surface area (Å²) in [7, 11) is 0. The van der Waals surface area contributed by atoms with Crippen LogP contribution in [-0.2, 0) is 0 Å². The number of benzene rings is 3. The molecule has 1 aromatic heterocycles. The highest BCUT2D eigenvalue weighted by Gasteiger charge is 2.29. The number of aromatic carboxylic acids is 1. The maximum absolute atomic E-state index is 11.2. The number of aliphatic hydroxyl groups excluding tert-OH is 1. The Balaban J connectivity index is 1.39. The Morgan fingerprint density at radius 3 is 2.73 bits per heavy atom. The molecule has 33 heavy (non-hydrogen) atoms. The molecule has 1 aliphatic heterocycles. The smallest absolute Gasteiger partial charge is 0.335 e. The monoisotopic (exact) mass is 443 g/mol. The van der Waals surface area contributed by atoms with Gasteiger partial charge in [-0.3, -0.25) is 0 Å². The van der Waals surface area contributed by atoms with E-state index in [-0.39, 0.29) is 5.56 Å². The van der Waals surface area contributed by atoms with Crippen molar-refractivity contribution in [1.29, 1.82) is 0 Å². The van der Waals surface area contributed by atoms with Crippen LogP contribution in [0.5, 0.6) is 23.1 Å². The predicted octanol–water partition coefficient (Wildman–Crippen LogP) is 4.99. The Labute approximate surface area is 189 Å². The largest absolute Gasteiger partial charge is 0.493 e. The first kappa shape index (κ1) is 20.8. The van der Waals surface area contributed by atoms with E-state index in [0.29, 0.717) is 41.7 Å². The highest BCUT2D eigenvalue weighted by Crippen LogP contribution is 2.37. The third-order valence-corrected chi connectivity index (χ3v) is 5.48. The Morgan fingerprint density at radius 1 is 0.970 bits per heavy atom. The van der Waals surface area contributed by atoms with Gasteiger partial charge >= 0.3 is 5.97 Å². The Morgan fingerprint density at radius 2 is 1.85 bits per heavy atom. The van der Waals surface area contributed by atoms with E-state index in [0.717, 1.165) is 10.9 Å². The van der Waals surface area contributed by atoms with Crippen LogP contribution in [0.2, 0.25) is 0 Å². The second kappa shape index (κ2) is 8.80. The van der Waals surface area contributed by atoms with Crippen LogP contribution in [0, 0.1) is 0 Å². The molecule has 1 aliphatic rings. The fourth-order valence-corrected chi connectivity index (χ4v) is 3.82. The van der Waals surface area contributed by atoms with Gasteiger partial charge in [0.2, 0.25) is 5.88 Å². The molecule has 0 unspecified atom stereocenters. The molecule has 5 rings (SSSR count). The minimum atomic E-state index is -1.04. The third kappa shape index (κ3) is 4.44. The van der Waals surface area contributed by atoms with Crippen molar-refractivity contribution in [3.05, 3.63) is 90.0 Å². The molecule has 0 amide bonds. The van der Waals surface area contributed by atoms with E-state index in [4.69, 9.17) is 14.2 Å². The van der Waals surface area contributed by atoms with E-state index in [2.05, 4.69) is 4.98 Å². The average Bonchev–Trinajstić information content (AvgIpc) is 2.98. The first-order valence-corrected chi connectivity index (χ1v) is 10.6. The second-order valence-corrected chi connectivity index (χ2v) is 7.72. The molecule has 2 heterocycles. The van der Waals surface area contributed by atoms with E-state index >= 15 is 0 Å². The van der Waals surface area contributed by atoms with Gasteiger partial charge in [0.05, 0.1) is 17.7 Å². The Kier molecular flexibility index (Phi) is 5.54. The van der Waals surface area contributed by atoms with Crippen LogP contribution in [0.4, 0.5) is 0 Å². The summed E-state index contributed by atoms with van der Waals surface area (Å²) < 4.78 is 17.7. The van der Waals surface area contributed by atoms with Crippen LogP contribution in [0.25, 0.3) is 10.9 Å². The van der Waals surface area contributed by atoms with Crippen LogP contribution >= 0.6 is 0 Å². The summed E-state index contributed by atoms with van der Waals surface area (Å²) in [5, 5.41) is 21.3. The van der Waals surface area contributed by atoms with Crippen LogP contribution in [0.15, 0.2) is 78.9 Å². The van der Waals surface area contributed by atoms with Crippen LogP contribution in [-0.4, -0.2) is 33.9 Å². The molecule has 7 nitrogen and oxygen atoms in total. The normalized spacial score (nSPS) is 17.5.